The van der Waals surface area contributed by atoms with Crippen LogP contribution < -0.4 is 15.4 Å². The number of hydrogen-bond acceptors (Lipinski definition) is 5. The second-order valence-corrected chi connectivity index (χ2v) is 9.76. The molecule has 1 aliphatic heterocycles. The van der Waals surface area contributed by atoms with E-state index >= 15 is 0 Å². The van der Waals surface area contributed by atoms with Crippen LogP contribution in [0.25, 0.3) is 0 Å². The van der Waals surface area contributed by atoms with Gasteiger partial charge < -0.3 is 15.4 Å². The zero-order valence-corrected chi connectivity index (χ0v) is 19.3. The summed E-state index contributed by atoms with van der Waals surface area (Å²) < 4.78 is 32.0. The van der Waals surface area contributed by atoms with Crippen molar-refractivity contribution in [1.82, 2.24) is 9.62 Å². The summed E-state index contributed by atoms with van der Waals surface area (Å²) in [6.45, 7) is 1.34. The summed E-state index contributed by atoms with van der Waals surface area (Å²) in [6, 6.07) is 11.3. The first-order valence-corrected chi connectivity index (χ1v) is 12.1. The maximum absolute atomic E-state index is 12.7. The fraction of sp³-hybridized carbons (Fsp3) is 0.364. The van der Waals surface area contributed by atoms with Crippen molar-refractivity contribution >= 4 is 39.1 Å². The quantitative estimate of drug-likeness (QED) is 0.594. The second-order valence-electron chi connectivity index (χ2n) is 7.42. The molecular formula is C22H26ClN3O5S. The summed E-state index contributed by atoms with van der Waals surface area (Å²) in [4.78, 5) is 24.4. The van der Waals surface area contributed by atoms with E-state index in [-0.39, 0.29) is 11.4 Å². The molecule has 2 aromatic rings. The van der Waals surface area contributed by atoms with Crippen molar-refractivity contribution in [3.63, 3.8) is 0 Å². The number of carbonyl (C=O) groups excluding carboxylic acids is 2. The molecule has 0 atom stereocenters. The summed E-state index contributed by atoms with van der Waals surface area (Å²) in [5, 5.41) is 5.34. The highest BCUT2D eigenvalue weighted by atomic mass is 35.5. The lowest BCUT2D eigenvalue weighted by atomic mass is 10.1. The van der Waals surface area contributed by atoms with Crippen LogP contribution in [-0.4, -0.2) is 51.3 Å². The van der Waals surface area contributed by atoms with Crippen LogP contribution in [-0.2, 0) is 26.0 Å². The topological polar surface area (TPSA) is 105 Å². The predicted octanol–water partition coefficient (Wildman–Crippen LogP) is 2.82. The molecule has 32 heavy (non-hydrogen) atoms. The van der Waals surface area contributed by atoms with Gasteiger partial charge in [0.25, 0.3) is 0 Å². The molecule has 1 saturated heterocycles. The first kappa shape index (κ1) is 24.0. The number of sulfonamides is 1. The number of ether oxygens (including phenoxy) is 1. The number of nitrogens with one attached hydrogen (secondary N) is 2. The Kier molecular flexibility index (Phi) is 8.11. The lowest BCUT2D eigenvalue weighted by Crippen LogP contribution is -2.36. The molecule has 2 amide bonds. The molecule has 8 nitrogen and oxygen atoms in total. The number of carbonyl (C=O) groups is 2. The molecule has 0 aromatic heterocycles. The molecule has 3 rings (SSSR count). The van der Waals surface area contributed by atoms with Gasteiger partial charge in [-0.05, 0) is 55.2 Å². The average molecular weight is 480 g/mol. The molecule has 0 saturated carbocycles. The van der Waals surface area contributed by atoms with E-state index in [2.05, 4.69) is 10.6 Å². The van der Waals surface area contributed by atoms with Gasteiger partial charge in [0.2, 0.25) is 10.0 Å². The van der Waals surface area contributed by atoms with E-state index in [0.717, 1.165) is 24.8 Å². The fourth-order valence-electron chi connectivity index (χ4n) is 3.42. The Labute approximate surface area is 192 Å². The average Bonchev–Trinajstić information content (AvgIpc) is 2.80. The molecule has 0 unspecified atom stereocenters. The molecule has 0 bridgehead atoms. The number of piperidine rings is 1. The normalized spacial score (nSPS) is 14.6. The predicted molar refractivity (Wildman–Crippen MR) is 122 cm³/mol. The summed E-state index contributed by atoms with van der Waals surface area (Å²) in [5.41, 5.74) is 1.23. The molecular weight excluding hydrogens is 454 g/mol. The van der Waals surface area contributed by atoms with E-state index < -0.39 is 21.8 Å². The molecule has 10 heteroatoms. The third-order valence-corrected chi connectivity index (χ3v) is 7.40. The Balaban J connectivity index is 1.48. The smallest absolute Gasteiger partial charge is 0.313 e. The summed E-state index contributed by atoms with van der Waals surface area (Å²) in [6.07, 6.45) is 3.28. The van der Waals surface area contributed by atoms with Gasteiger partial charge in [-0.3, -0.25) is 9.59 Å². The molecule has 2 N–H and O–H groups in total. The number of amides is 2. The Bertz CT molecular complexity index is 1070. The number of benzene rings is 2. The van der Waals surface area contributed by atoms with Crippen molar-refractivity contribution in [2.45, 2.75) is 30.6 Å². The van der Waals surface area contributed by atoms with E-state index in [4.69, 9.17) is 16.3 Å². The van der Waals surface area contributed by atoms with Crippen molar-refractivity contribution in [2.24, 2.45) is 0 Å². The van der Waals surface area contributed by atoms with Gasteiger partial charge in [-0.1, -0.05) is 30.2 Å². The Morgan fingerprint density at radius 3 is 2.34 bits per heavy atom. The SMILES string of the molecule is COc1ccc(NC(=O)C(=O)NCCc2ccc(S(=O)(=O)N3CCCCC3)cc2)cc1Cl. The highest BCUT2D eigenvalue weighted by Gasteiger charge is 2.25. The van der Waals surface area contributed by atoms with Gasteiger partial charge in [0.05, 0.1) is 17.0 Å². The highest BCUT2D eigenvalue weighted by Crippen LogP contribution is 2.27. The molecule has 1 heterocycles. The van der Waals surface area contributed by atoms with Crippen molar-refractivity contribution in [1.29, 1.82) is 0 Å². The minimum Gasteiger partial charge on any atom is -0.495 e. The minimum atomic E-state index is -3.47. The Morgan fingerprint density at radius 2 is 1.72 bits per heavy atom. The van der Waals surface area contributed by atoms with Crippen molar-refractivity contribution < 1.29 is 22.7 Å². The van der Waals surface area contributed by atoms with E-state index in [9.17, 15) is 18.0 Å². The van der Waals surface area contributed by atoms with Crippen LogP contribution in [0, 0.1) is 0 Å². The number of nitrogens with zero attached hydrogens (tertiary/aromatic N) is 1. The lowest BCUT2D eigenvalue weighted by Gasteiger charge is -2.25. The molecule has 0 radical (unpaired) electrons. The van der Waals surface area contributed by atoms with Crippen LogP contribution >= 0.6 is 11.6 Å². The summed E-state index contributed by atoms with van der Waals surface area (Å²) in [5.74, 6) is -1.13. The van der Waals surface area contributed by atoms with Crippen LogP contribution in [0.3, 0.4) is 0 Å². The Morgan fingerprint density at radius 1 is 1.03 bits per heavy atom. The lowest BCUT2D eigenvalue weighted by molar-refractivity contribution is -0.136. The minimum absolute atomic E-state index is 0.230. The van der Waals surface area contributed by atoms with Gasteiger partial charge in [-0.2, -0.15) is 4.31 Å². The molecule has 1 aliphatic rings. The summed E-state index contributed by atoms with van der Waals surface area (Å²) in [7, 11) is -1.99. The van der Waals surface area contributed by atoms with Crippen molar-refractivity contribution in [2.75, 3.05) is 32.1 Å². The van der Waals surface area contributed by atoms with Gasteiger partial charge in [-0.15, -0.1) is 0 Å². The van der Waals surface area contributed by atoms with Crippen LogP contribution in [0.2, 0.25) is 5.02 Å². The summed E-state index contributed by atoms with van der Waals surface area (Å²) >= 11 is 6.01. The molecule has 1 fully saturated rings. The van der Waals surface area contributed by atoms with Crippen LogP contribution in [0.5, 0.6) is 5.75 Å². The van der Waals surface area contributed by atoms with E-state index in [1.807, 2.05) is 0 Å². The number of hydrogen-bond donors (Lipinski definition) is 2. The standard InChI is InChI=1S/C22H26ClN3O5S/c1-31-20-10-7-17(15-19(20)23)25-22(28)21(27)24-12-11-16-5-8-18(9-6-16)32(29,30)26-13-3-2-4-14-26/h5-10,15H,2-4,11-14H2,1H3,(H,24,27)(H,25,28). The maximum atomic E-state index is 12.7. The monoisotopic (exact) mass is 479 g/mol. The molecule has 2 aromatic carbocycles. The van der Waals surface area contributed by atoms with Crippen molar-refractivity contribution in [3.05, 3.63) is 53.1 Å². The third-order valence-electron chi connectivity index (χ3n) is 5.19. The largest absolute Gasteiger partial charge is 0.495 e. The van der Waals surface area contributed by atoms with Gasteiger partial charge in [0, 0.05) is 25.3 Å². The van der Waals surface area contributed by atoms with Gasteiger partial charge in [0.15, 0.2) is 0 Å². The number of halogens is 1. The van der Waals surface area contributed by atoms with Crippen molar-refractivity contribution in [3.8, 4) is 5.75 Å². The molecule has 172 valence electrons. The van der Waals surface area contributed by atoms with Crippen LogP contribution in [0.4, 0.5) is 5.69 Å². The highest BCUT2D eigenvalue weighted by molar-refractivity contribution is 7.89. The van der Waals surface area contributed by atoms with E-state index in [0.29, 0.717) is 36.0 Å². The zero-order chi connectivity index (χ0) is 23.1. The maximum Gasteiger partial charge on any atom is 0.313 e. The Hall–Kier alpha value is -2.62. The number of rotatable bonds is 7. The number of anilines is 1. The number of methoxy groups -OCH3 is 1. The van der Waals surface area contributed by atoms with Crippen LogP contribution in [0.1, 0.15) is 24.8 Å². The first-order valence-electron chi connectivity index (χ1n) is 10.3. The fourth-order valence-corrected chi connectivity index (χ4v) is 5.19. The van der Waals surface area contributed by atoms with Gasteiger partial charge in [0.1, 0.15) is 5.75 Å². The van der Waals surface area contributed by atoms with Gasteiger partial charge >= 0.3 is 11.8 Å². The molecule has 0 spiro atoms. The first-order chi connectivity index (χ1) is 15.3. The molecule has 0 aliphatic carbocycles. The van der Waals surface area contributed by atoms with E-state index in [1.165, 1.54) is 17.5 Å². The van der Waals surface area contributed by atoms with E-state index in [1.54, 1.807) is 36.4 Å². The zero-order valence-electron chi connectivity index (χ0n) is 17.8. The van der Waals surface area contributed by atoms with Gasteiger partial charge in [-0.25, -0.2) is 8.42 Å². The second kappa shape index (κ2) is 10.8. The third kappa shape index (κ3) is 5.99. The van der Waals surface area contributed by atoms with Crippen LogP contribution in [0.15, 0.2) is 47.4 Å².